The molecule has 22 heavy (non-hydrogen) atoms. The molecular weight excluding hydrogens is 331 g/mol. The normalized spacial score (nSPS) is 16.0. The Hall–Kier alpha value is -2.10. The highest BCUT2D eigenvalue weighted by atomic mass is 35.5. The van der Waals surface area contributed by atoms with Crippen LogP contribution in [-0.4, -0.2) is 34.8 Å². The Morgan fingerprint density at radius 2 is 1.64 bits per heavy atom. The molecule has 1 aromatic rings. The predicted molar refractivity (Wildman–Crippen MR) is 77.6 cm³/mol. The number of amides is 2. The minimum absolute atomic E-state index is 0.0763. The molecular formula is C14H10Cl2N2O4. The van der Waals surface area contributed by atoms with Crippen molar-refractivity contribution in [2.24, 2.45) is 0 Å². The zero-order valence-electron chi connectivity index (χ0n) is 11.6. The fourth-order valence-corrected chi connectivity index (χ4v) is 2.34. The zero-order valence-corrected chi connectivity index (χ0v) is 13.1. The van der Waals surface area contributed by atoms with Crippen LogP contribution in [0.4, 0.5) is 0 Å². The second kappa shape index (κ2) is 5.95. The van der Waals surface area contributed by atoms with E-state index < -0.39 is 29.9 Å². The van der Waals surface area contributed by atoms with Gasteiger partial charge in [-0.3, -0.25) is 14.5 Å². The number of nitrogens with zero attached hydrogens (tertiary/aromatic N) is 2. The molecule has 1 aliphatic heterocycles. The van der Waals surface area contributed by atoms with Crippen LogP contribution in [0.1, 0.15) is 34.6 Å². The maximum absolute atomic E-state index is 12.3. The van der Waals surface area contributed by atoms with Crippen molar-refractivity contribution in [1.82, 2.24) is 4.90 Å². The minimum Gasteiger partial charge on any atom is -0.446 e. The highest BCUT2D eigenvalue weighted by Gasteiger charge is 2.42. The molecule has 2 rings (SSSR count). The molecule has 6 nitrogen and oxygen atoms in total. The molecule has 1 heterocycles. The second-order valence-electron chi connectivity index (χ2n) is 4.68. The third-order valence-corrected chi connectivity index (χ3v) is 3.88. The Labute approximate surface area is 136 Å². The van der Waals surface area contributed by atoms with Crippen molar-refractivity contribution in [2.75, 3.05) is 0 Å². The summed E-state index contributed by atoms with van der Waals surface area (Å²) < 4.78 is 4.82. The van der Waals surface area contributed by atoms with E-state index in [2.05, 4.69) is 0 Å². The first-order valence-corrected chi connectivity index (χ1v) is 7.00. The quantitative estimate of drug-likeness (QED) is 0.622. The number of benzene rings is 1. The monoisotopic (exact) mass is 340 g/mol. The number of nitriles is 1. The van der Waals surface area contributed by atoms with Gasteiger partial charge in [-0.1, -0.05) is 23.2 Å². The number of rotatable bonds is 3. The number of hydrogen-bond acceptors (Lipinski definition) is 5. The van der Waals surface area contributed by atoms with Crippen LogP contribution < -0.4 is 0 Å². The van der Waals surface area contributed by atoms with Gasteiger partial charge >= 0.3 is 5.97 Å². The average Bonchev–Trinajstić information content (AvgIpc) is 2.70. The summed E-state index contributed by atoms with van der Waals surface area (Å²) in [5.41, 5.74) is 0.153. The summed E-state index contributed by atoms with van der Waals surface area (Å²) in [6.07, 6.45) is -0.978. The summed E-state index contributed by atoms with van der Waals surface area (Å²) in [7, 11) is 0. The summed E-state index contributed by atoms with van der Waals surface area (Å²) in [5.74, 6) is -2.17. The van der Waals surface area contributed by atoms with Crippen molar-refractivity contribution < 1.29 is 19.1 Å². The van der Waals surface area contributed by atoms with Crippen molar-refractivity contribution in [2.45, 2.75) is 26.0 Å². The van der Waals surface area contributed by atoms with Gasteiger partial charge in [0.2, 0.25) is 0 Å². The van der Waals surface area contributed by atoms with Gasteiger partial charge in [-0.2, -0.15) is 5.26 Å². The van der Waals surface area contributed by atoms with Gasteiger partial charge in [-0.15, -0.1) is 0 Å². The van der Waals surface area contributed by atoms with Gasteiger partial charge in [-0.05, 0) is 26.0 Å². The lowest BCUT2D eigenvalue weighted by atomic mass is 10.1. The number of carbonyl (C=O) groups excluding carboxylic acids is 3. The Morgan fingerprint density at radius 1 is 1.18 bits per heavy atom. The van der Waals surface area contributed by atoms with Crippen LogP contribution in [-0.2, 0) is 9.53 Å². The van der Waals surface area contributed by atoms with Gasteiger partial charge in [0.05, 0.1) is 21.2 Å². The molecule has 0 saturated carbocycles. The number of esters is 1. The van der Waals surface area contributed by atoms with E-state index in [0.29, 0.717) is 0 Å². The largest absolute Gasteiger partial charge is 0.446 e. The van der Waals surface area contributed by atoms with E-state index in [-0.39, 0.29) is 21.2 Å². The van der Waals surface area contributed by atoms with Gasteiger partial charge in [0.1, 0.15) is 12.1 Å². The third-order valence-electron chi connectivity index (χ3n) is 3.16. The van der Waals surface area contributed by atoms with Gasteiger partial charge in [0.25, 0.3) is 11.8 Å². The SMILES string of the molecule is C[C@@H](C#N)OC(=O)[C@H](C)N1C(=O)c2cc(Cl)c(Cl)cc2C1=O. The molecule has 0 radical (unpaired) electrons. The Balaban J connectivity index is 2.32. The topological polar surface area (TPSA) is 87.5 Å². The molecule has 2 atom stereocenters. The van der Waals surface area contributed by atoms with E-state index in [1.807, 2.05) is 0 Å². The highest BCUT2D eigenvalue weighted by molar-refractivity contribution is 6.43. The first kappa shape index (κ1) is 16.3. The maximum atomic E-state index is 12.3. The number of fused-ring (bicyclic) bond motifs is 1. The van der Waals surface area contributed by atoms with Crippen molar-refractivity contribution in [3.63, 3.8) is 0 Å². The molecule has 2 amide bonds. The van der Waals surface area contributed by atoms with Gasteiger partial charge in [-0.25, -0.2) is 4.79 Å². The maximum Gasteiger partial charge on any atom is 0.330 e. The van der Waals surface area contributed by atoms with E-state index in [1.54, 1.807) is 6.07 Å². The first-order valence-electron chi connectivity index (χ1n) is 6.25. The van der Waals surface area contributed by atoms with Crippen LogP contribution in [0.5, 0.6) is 0 Å². The highest BCUT2D eigenvalue weighted by Crippen LogP contribution is 2.32. The van der Waals surface area contributed by atoms with E-state index in [9.17, 15) is 14.4 Å². The number of imide groups is 1. The summed E-state index contributed by atoms with van der Waals surface area (Å²) in [6.45, 7) is 2.73. The van der Waals surface area contributed by atoms with Gasteiger partial charge < -0.3 is 4.74 Å². The van der Waals surface area contributed by atoms with E-state index in [4.69, 9.17) is 33.2 Å². The van der Waals surface area contributed by atoms with Crippen LogP contribution >= 0.6 is 23.2 Å². The smallest absolute Gasteiger partial charge is 0.330 e. The van der Waals surface area contributed by atoms with E-state index in [0.717, 1.165) is 4.90 Å². The van der Waals surface area contributed by atoms with Crippen molar-refractivity contribution in [3.8, 4) is 6.07 Å². The summed E-state index contributed by atoms with van der Waals surface area (Å²) in [4.78, 5) is 37.3. The second-order valence-corrected chi connectivity index (χ2v) is 5.49. The summed E-state index contributed by atoms with van der Waals surface area (Å²) in [5, 5.41) is 8.91. The van der Waals surface area contributed by atoms with Gasteiger partial charge in [0.15, 0.2) is 6.10 Å². The molecule has 0 spiro atoms. The van der Waals surface area contributed by atoms with Crippen LogP contribution in [0.2, 0.25) is 10.0 Å². The molecule has 8 heteroatoms. The van der Waals surface area contributed by atoms with Crippen molar-refractivity contribution >= 4 is 41.0 Å². The first-order chi connectivity index (χ1) is 10.3. The van der Waals surface area contributed by atoms with Crippen LogP contribution in [0.25, 0.3) is 0 Å². The molecule has 0 bridgehead atoms. The van der Waals surface area contributed by atoms with Gasteiger partial charge in [0, 0.05) is 0 Å². The molecule has 0 unspecified atom stereocenters. The van der Waals surface area contributed by atoms with Crippen LogP contribution in [0, 0.1) is 11.3 Å². The molecule has 0 fully saturated rings. The minimum atomic E-state index is -1.17. The molecule has 0 saturated heterocycles. The molecule has 114 valence electrons. The Bertz CT molecular complexity index is 685. The number of halogens is 2. The molecule has 1 aromatic carbocycles. The van der Waals surface area contributed by atoms with E-state index in [1.165, 1.54) is 26.0 Å². The van der Waals surface area contributed by atoms with Crippen molar-refractivity contribution in [3.05, 3.63) is 33.3 Å². The number of hydrogen-bond donors (Lipinski definition) is 0. The summed E-state index contributed by atoms with van der Waals surface area (Å²) >= 11 is 11.7. The number of ether oxygens (including phenoxy) is 1. The fraction of sp³-hybridized carbons (Fsp3) is 0.286. The van der Waals surface area contributed by atoms with Crippen LogP contribution in [0.3, 0.4) is 0 Å². The Kier molecular flexibility index (Phi) is 4.40. The molecule has 0 N–H and O–H groups in total. The third kappa shape index (κ3) is 2.65. The average molecular weight is 341 g/mol. The van der Waals surface area contributed by atoms with E-state index >= 15 is 0 Å². The lowest BCUT2D eigenvalue weighted by Crippen LogP contribution is -2.44. The zero-order chi connectivity index (χ0) is 16.6. The standard InChI is InChI=1S/C14H10Cl2N2O4/c1-6(5-17)22-14(21)7(2)18-12(19)8-3-10(15)11(16)4-9(8)13(18)20/h3-4,6-7H,1-2H3/t6-,7-/m0/s1. The molecule has 0 aliphatic carbocycles. The lowest BCUT2D eigenvalue weighted by Gasteiger charge is -2.21. The summed E-state index contributed by atoms with van der Waals surface area (Å²) in [6, 6.07) is 3.14. The lowest BCUT2D eigenvalue weighted by molar-refractivity contribution is -0.150. The fourth-order valence-electron chi connectivity index (χ4n) is 2.01. The predicted octanol–water partition coefficient (Wildman–Crippen LogP) is 2.43. The Morgan fingerprint density at radius 3 is 2.05 bits per heavy atom. The van der Waals surface area contributed by atoms with Crippen LogP contribution in [0.15, 0.2) is 12.1 Å². The molecule has 0 aromatic heterocycles. The van der Waals surface area contributed by atoms with Crippen molar-refractivity contribution in [1.29, 1.82) is 5.26 Å². The number of carbonyl (C=O) groups is 3. The molecule has 1 aliphatic rings.